The van der Waals surface area contributed by atoms with Crippen LogP contribution in [-0.4, -0.2) is 32.1 Å². The Kier molecular flexibility index (Phi) is 3.40. The molecule has 0 aliphatic carbocycles. The van der Waals surface area contributed by atoms with Gasteiger partial charge in [-0.25, -0.2) is 4.79 Å². The second-order valence-corrected chi connectivity index (χ2v) is 4.35. The van der Waals surface area contributed by atoms with Crippen LogP contribution in [0.3, 0.4) is 0 Å². The molecule has 0 fully saturated rings. The molecule has 3 aromatic rings. The van der Waals surface area contributed by atoms with Crippen LogP contribution in [0.1, 0.15) is 21.1 Å². The van der Waals surface area contributed by atoms with E-state index < -0.39 is 11.8 Å². The first kappa shape index (κ1) is 13.6. The fraction of sp³-hybridized carbons (Fsp3) is 0. The summed E-state index contributed by atoms with van der Waals surface area (Å²) in [6.07, 6.45) is 1.65. The first-order valence-electron chi connectivity index (χ1n) is 6.25. The summed E-state index contributed by atoms with van der Waals surface area (Å²) in [5.74, 6) is -1.92. The van der Waals surface area contributed by atoms with E-state index in [4.69, 9.17) is 9.63 Å². The Bertz CT molecular complexity index is 823. The molecule has 2 aromatic heterocycles. The molecule has 8 nitrogen and oxygen atoms in total. The lowest BCUT2D eigenvalue weighted by Gasteiger charge is -2.04. The summed E-state index contributed by atoms with van der Waals surface area (Å²) in [4.78, 5) is 29.2. The van der Waals surface area contributed by atoms with Gasteiger partial charge in [-0.1, -0.05) is 6.07 Å². The molecular formula is C14H10N4O4. The predicted octanol–water partition coefficient (Wildman–Crippen LogP) is 2.02. The van der Waals surface area contributed by atoms with Gasteiger partial charge in [0.25, 0.3) is 17.6 Å². The Hall–Kier alpha value is -3.42. The summed E-state index contributed by atoms with van der Waals surface area (Å²) in [6.45, 7) is 0. The van der Waals surface area contributed by atoms with Crippen LogP contribution in [0.2, 0.25) is 0 Å². The van der Waals surface area contributed by atoms with Crippen LogP contribution in [-0.2, 0) is 0 Å². The van der Waals surface area contributed by atoms with Crippen LogP contribution < -0.4 is 5.32 Å². The van der Waals surface area contributed by atoms with Gasteiger partial charge in [-0.15, -0.1) is 0 Å². The largest absolute Gasteiger partial charge is 0.475 e. The zero-order valence-electron chi connectivity index (χ0n) is 11.1. The number of nitrogens with one attached hydrogen (secondary N) is 2. The predicted molar refractivity (Wildman–Crippen MR) is 75.4 cm³/mol. The number of carbonyl (C=O) groups excluding carboxylic acids is 1. The number of aromatic nitrogens is 3. The number of benzene rings is 1. The number of amides is 1. The summed E-state index contributed by atoms with van der Waals surface area (Å²) >= 11 is 0. The highest BCUT2D eigenvalue weighted by atomic mass is 16.5. The summed E-state index contributed by atoms with van der Waals surface area (Å²) in [5, 5.41) is 14.8. The summed E-state index contributed by atoms with van der Waals surface area (Å²) in [6, 6.07) is 10.0. The molecule has 0 saturated heterocycles. The standard InChI is InChI=1S/C14H10N4O4/c19-12(10-5-2-6-15-10)16-9-4-1-3-8(7-9)13-17-11(14(20)21)18-22-13/h1-7,15H,(H,16,19)(H,20,21). The molecule has 3 N–H and O–H groups in total. The molecule has 0 saturated carbocycles. The van der Waals surface area contributed by atoms with Gasteiger partial charge in [-0.05, 0) is 35.5 Å². The van der Waals surface area contributed by atoms with Crippen molar-refractivity contribution >= 4 is 17.6 Å². The maximum atomic E-state index is 11.9. The molecule has 1 aromatic carbocycles. The van der Waals surface area contributed by atoms with Crippen molar-refractivity contribution in [2.45, 2.75) is 0 Å². The van der Waals surface area contributed by atoms with Gasteiger partial charge in [0.1, 0.15) is 5.69 Å². The normalized spacial score (nSPS) is 10.4. The Morgan fingerprint density at radius 3 is 2.77 bits per heavy atom. The van der Waals surface area contributed by atoms with Crippen LogP contribution in [0.25, 0.3) is 11.5 Å². The number of carbonyl (C=O) groups is 2. The van der Waals surface area contributed by atoms with Crippen molar-refractivity contribution in [2.75, 3.05) is 5.32 Å². The number of carboxylic acids is 1. The maximum Gasteiger partial charge on any atom is 0.377 e. The summed E-state index contributed by atoms with van der Waals surface area (Å²) in [5.41, 5.74) is 1.45. The Morgan fingerprint density at radius 1 is 1.23 bits per heavy atom. The number of nitrogens with zero attached hydrogens (tertiary/aromatic N) is 2. The van der Waals surface area contributed by atoms with Crippen molar-refractivity contribution in [1.29, 1.82) is 0 Å². The van der Waals surface area contributed by atoms with E-state index in [1.54, 1.807) is 42.6 Å². The van der Waals surface area contributed by atoms with E-state index in [-0.39, 0.29) is 11.8 Å². The van der Waals surface area contributed by atoms with E-state index in [1.807, 2.05) is 0 Å². The van der Waals surface area contributed by atoms with E-state index >= 15 is 0 Å². The van der Waals surface area contributed by atoms with Crippen LogP contribution >= 0.6 is 0 Å². The number of aromatic carboxylic acids is 1. The van der Waals surface area contributed by atoms with E-state index in [0.29, 0.717) is 16.9 Å². The van der Waals surface area contributed by atoms with Crippen LogP contribution in [0.15, 0.2) is 47.1 Å². The van der Waals surface area contributed by atoms with E-state index in [2.05, 4.69) is 20.4 Å². The molecule has 22 heavy (non-hydrogen) atoms. The zero-order valence-corrected chi connectivity index (χ0v) is 11.1. The minimum Gasteiger partial charge on any atom is -0.475 e. The fourth-order valence-corrected chi connectivity index (χ4v) is 1.83. The number of carboxylic acid groups (broad SMARTS) is 1. The topological polar surface area (TPSA) is 121 Å². The van der Waals surface area contributed by atoms with Crippen molar-refractivity contribution in [3.63, 3.8) is 0 Å². The minimum atomic E-state index is -1.27. The Balaban J connectivity index is 1.83. The molecule has 3 rings (SSSR count). The SMILES string of the molecule is O=C(O)c1noc(-c2cccc(NC(=O)c3ccc[nH]3)c2)n1. The lowest BCUT2D eigenvalue weighted by atomic mass is 10.2. The van der Waals surface area contributed by atoms with Crippen molar-refractivity contribution in [3.8, 4) is 11.5 Å². The smallest absolute Gasteiger partial charge is 0.377 e. The molecular weight excluding hydrogens is 288 g/mol. The second-order valence-electron chi connectivity index (χ2n) is 4.35. The van der Waals surface area contributed by atoms with Crippen molar-refractivity contribution in [3.05, 3.63) is 54.1 Å². The number of H-pyrrole nitrogens is 1. The van der Waals surface area contributed by atoms with Gasteiger partial charge >= 0.3 is 5.97 Å². The quantitative estimate of drug-likeness (QED) is 0.677. The lowest BCUT2D eigenvalue weighted by Crippen LogP contribution is -2.12. The van der Waals surface area contributed by atoms with Crippen molar-refractivity contribution < 1.29 is 19.2 Å². The summed E-state index contributed by atoms with van der Waals surface area (Å²) < 4.78 is 4.88. The van der Waals surface area contributed by atoms with Gasteiger partial charge in [0, 0.05) is 17.4 Å². The van der Waals surface area contributed by atoms with Gasteiger partial charge in [0.05, 0.1) is 0 Å². The van der Waals surface area contributed by atoms with Crippen LogP contribution in [0.4, 0.5) is 5.69 Å². The van der Waals surface area contributed by atoms with E-state index in [9.17, 15) is 9.59 Å². The molecule has 0 atom stereocenters. The number of aromatic amines is 1. The average Bonchev–Trinajstić information content (AvgIpc) is 3.19. The minimum absolute atomic E-state index is 0.0633. The molecule has 2 heterocycles. The monoisotopic (exact) mass is 298 g/mol. The Morgan fingerprint density at radius 2 is 2.09 bits per heavy atom. The van der Waals surface area contributed by atoms with Crippen LogP contribution in [0.5, 0.6) is 0 Å². The first-order chi connectivity index (χ1) is 10.6. The van der Waals surface area contributed by atoms with Gasteiger partial charge < -0.3 is 19.9 Å². The summed E-state index contributed by atoms with van der Waals surface area (Å²) in [7, 11) is 0. The highest BCUT2D eigenvalue weighted by Crippen LogP contribution is 2.21. The van der Waals surface area contributed by atoms with Crippen molar-refractivity contribution in [2.24, 2.45) is 0 Å². The van der Waals surface area contributed by atoms with Crippen LogP contribution in [0, 0.1) is 0 Å². The van der Waals surface area contributed by atoms with Gasteiger partial charge in [0.15, 0.2) is 0 Å². The molecule has 0 unspecified atom stereocenters. The molecule has 1 amide bonds. The molecule has 0 bridgehead atoms. The number of hydrogen-bond acceptors (Lipinski definition) is 5. The molecule has 0 aliphatic rings. The number of rotatable bonds is 4. The molecule has 110 valence electrons. The lowest BCUT2D eigenvalue weighted by molar-refractivity contribution is 0.0680. The molecule has 0 radical (unpaired) electrons. The van der Waals surface area contributed by atoms with Gasteiger partial charge in [-0.2, -0.15) is 4.98 Å². The maximum absolute atomic E-state index is 11.9. The third kappa shape index (κ3) is 2.70. The fourth-order valence-electron chi connectivity index (χ4n) is 1.83. The van der Waals surface area contributed by atoms with Crippen molar-refractivity contribution in [1.82, 2.24) is 15.1 Å². The molecule has 0 aliphatic heterocycles. The molecule has 8 heteroatoms. The van der Waals surface area contributed by atoms with E-state index in [0.717, 1.165) is 0 Å². The first-order valence-corrected chi connectivity index (χ1v) is 6.25. The highest BCUT2D eigenvalue weighted by molar-refractivity contribution is 6.03. The third-order valence-corrected chi connectivity index (χ3v) is 2.83. The second kappa shape index (κ2) is 5.52. The number of anilines is 1. The highest BCUT2D eigenvalue weighted by Gasteiger charge is 2.15. The number of hydrogen-bond donors (Lipinski definition) is 3. The average molecular weight is 298 g/mol. The van der Waals surface area contributed by atoms with Gasteiger partial charge in [0.2, 0.25) is 0 Å². The van der Waals surface area contributed by atoms with Gasteiger partial charge in [-0.3, -0.25) is 4.79 Å². The third-order valence-electron chi connectivity index (χ3n) is 2.83. The Labute approximate surface area is 123 Å². The zero-order chi connectivity index (χ0) is 15.5. The molecule has 0 spiro atoms. The van der Waals surface area contributed by atoms with E-state index in [1.165, 1.54) is 0 Å².